The highest BCUT2D eigenvalue weighted by molar-refractivity contribution is 14.1. The first-order valence-electron chi connectivity index (χ1n) is 6.28. The van der Waals surface area contributed by atoms with Crippen LogP contribution >= 0.6 is 22.6 Å². The Balaban J connectivity index is 2.22. The SMILES string of the molecule is CC1(O)CC(n2cnc3c(I)c(O)cc(C(F)(F)F)c32)C1. The van der Waals surface area contributed by atoms with Gasteiger partial charge in [-0.1, -0.05) is 0 Å². The van der Waals surface area contributed by atoms with Gasteiger partial charge in [0, 0.05) is 6.04 Å². The van der Waals surface area contributed by atoms with Crippen molar-refractivity contribution >= 4 is 33.6 Å². The minimum Gasteiger partial charge on any atom is -0.507 e. The molecule has 0 aliphatic heterocycles. The number of hydrogen-bond acceptors (Lipinski definition) is 3. The van der Waals surface area contributed by atoms with Gasteiger partial charge in [0.15, 0.2) is 0 Å². The summed E-state index contributed by atoms with van der Waals surface area (Å²) in [5.41, 5.74) is -1.65. The van der Waals surface area contributed by atoms with Gasteiger partial charge in [-0.25, -0.2) is 4.98 Å². The summed E-state index contributed by atoms with van der Waals surface area (Å²) < 4.78 is 41.4. The lowest BCUT2D eigenvalue weighted by atomic mass is 9.77. The second-order valence-corrected chi connectivity index (χ2v) is 6.74. The van der Waals surface area contributed by atoms with Crippen molar-refractivity contribution in [2.75, 3.05) is 0 Å². The van der Waals surface area contributed by atoms with E-state index in [1.807, 2.05) is 0 Å². The van der Waals surface area contributed by atoms with E-state index in [4.69, 9.17) is 0 Å². The lowest BCUT2D eigenvalue weighted by Gasteiger charge is -2.41. The first-order chi connectivity index (χ1) is 9.60. The van der Waals surface area contributed by atoms with E-state index in [2.05, 4.69) is 4.98 Å². The van der Waals surface area contributed by atoms with Gasteiger partial charge in [0.2, 0.25) is 0 Å². The van der Waals surface area contributed by atoms with Crippen molar-refractivity contribution in [1.29, 1.82) is 0 Å². The van der Waals surface area contributed by atoms with Gasteiger partial charge in [-0.15, -0.1) is 0 Å². The molecular formula is C13H12F3IN2O2. The second-order valence-electron chi connectivity index (χ2n) is 5.66. The Morgan fingerprint density at radius 3 is 2.57 bits per heavy atom. The summed E-state index contributed by atoms with van der Waals surface area (Å²) in [4.78, 5) is 4.02. The number of aromatic nitrogens is 2. The molecule has 1 aromatic carbocycles. The molecule has 1 aliphatic rings. The van der Waals surface area contributed by atoms with Crippen molar-refractivity contribution < 1.29 is 23.4 Å². The fraction of sp³-hybridized carbons (Fsp3) is 0.462. The van der Waals surface area contributed by atoms with E-state index < -0.39 is 23.1 Å². The molecule has 2 N–H and O–H groups in total. The third-order valence-electron chi connectivity index (χ3n) is 3.81. The van der Waals surface area contributed by atoms with Crippen molar-refractivity contribution in [3.63, 3.8) is 0 Å². The predicted molar refractivity (Wildman–Crippen MR) is 78.0 cm³/mol. The number of benzene rings is 1. The van der Waals surface area contributed by atoms with Gasteiger partial charge in [0.05, 0.1) is 26.6 Å². The van der Waals surface area contributed by atoms with E-state index >= 15 is 0 Å². The van der Waals surface area contributed by atoms with Gasteiger partial charge < -0.3 is 14.8 Å². The molecule has 1 aliphatic carbocycles. The molecular weight excluding hydrogens is 400 g/mol. The predicted octanol–water partition coefficient (Wildman–Crippen LogP) is 3.45. The number of nitrogens with zero attached hydrogens (tertiary/aromatic N) is 2. The molecule has 1 fully saturated rings. The molecule has 3 rings (SSSR count). The maximum atomic E-state index is 13.2. The Kier molecular flexibility index (Phi) is 3.18. The number of fused-ring (bicyclic) bond motifs is 1. The normalized spacial score (nSPS) is 26.1. The van der Waals surface area contributed by atoms with E-state index in [-0.39, 0.29) is 17.1 Å². The number of aromatic hydroxyl groups is 1. The average Bonchev–Trinajstić information content (AvgIpc) is 2.73. The largest absolute Gasteiger partial charge is 0.507 e. The van der Waals surface area contributed by atoms with Crippen LogP contribution in [0.4, 0.5) is 13.2 Å². The van der Waals surface area contributed by atoms with Gasteiger partial charge in [0.25, 0.3) is 0 Å². The molecule has 114 valence electrons. The standard InChI is InChI=1S/C13H12F3IN2O2/c1-12(21)3-6(4-12)19-5-18-10-9(17)8(20)2-7(11(10)19)13(14,15)16/h2,5-6,20-21H,3-4H2,1H3. The average molecular weight is 412 g/mol. The maximum Gasteiger partial charge on any atom is 0.418 e. The number of alkyl halides is 3. The third kappa shape index (κ3) is 2.37. The molecule has 1 saturated carbocycles. The van der Waals surface area contributed by atoms with Gasteiger partial charge in [0.1, 0.15) is 11.3 Å². The number of halogens is 4. The van der Waals surface area contributed by atoms with Gasteiger partial charge >= 0.3 is 6.18 Å². The zero-order valence-electron chi connectivity index (χ0n) is 10.9. The molecule has 2 aromatic rings. The molecule has 0 bridgehead atoms. The van der Waals surface area contributed by atoms with Crippen LogP contribution in [-0.2, 0) is 6.18 Å². The van der Waals surface area contributed by atoms with E-state index in [1.165, 1.54) is 10.9 Å². The van der Waals surface area contributed by atoms with Gasteiger partial charge in [-0.2, -0.15) is 13.2 Å². The van der Waals surface area contributed by atoms with Crippen LogP contribution in [0.3, 0.4) is 0 Å². The molecule has 1 aromatic heterocycles. The van der Waals surface area contributed by atoms with Crippen LogP contribution in [-0.4, -0.2) is 25.4 Å². The maximum absolute atomic E-state index is 13.2. The Morgan fingerprint density at radius 2 is 2.05 bits per heavy atom. The van der Waals surface area contributed by atoms with Crippen molar-refractivity contribution in [2.24, 2.45) is 0 Å². The number of phenolic OH excluding ortho intramolecular Hbond substituents is 1. The molecule has 0 spiro atoms. The van der Waals surface area contributed by atoms with E-state index in [0.717, 1.165) is 6.07 Å². The molecule has 1 heterocycles. The van der Waals surface area contributed by atoms with E-state index in [0.29, 0.717) is 16.4 Å². The Bertz CT molecular complexity index is 716. The summed E-state index contributed by atoms with van der Waals surface area (Å²) in [7, 11) is 0. The lowest BCUT2D eigenvalue weighted by molar-refractivity contribution is -0.136. The topological polar surface area (TPSA) is 58.3 Å². The first-order valence-corrected chi connectivity index (χ1v) is 7.35. The van der Waals surface area contributed by atoms with Crippen LogP contribution in [0.25, 0.3) is 11.0 Å². The van der Waals surface area contributed by atoms with Crippen LogP contribution in [0.2, 0.25) is 0 Å². The summed E-state index contributed by atoms with van der Waals surface area (Å²) in [6.07, 6.45) is -2.47. The molecule has 8 heteroatoms. The molecule has 0 radical (unpaired) electrons. The highest BCUT2D eigenvalue weighted by atomic mass is 127. The van der Waals surface area contributed by atoms with Crippen molar-refractivity contribution in [3.05, 3.63) is 21.5 Å². The molecule has 0 unspecified atom stereocenters. The summed E-state index contributed by atoms with van der Waals surface area (Å²) in [6.45, 7) is 1.66. The summed E-state index contributed by atoms with van der Waals surface area (Å²) in [5, 5.41) is 19.5. The van der Waals surface area contributed by atoms with E-state index in [9.17, 15) is 23.4 Å². The Morgan fingerprint density at radius 1 is 1.43 bits per heavy atom. The van der Waals surface area contributed by atoms with Crippen LogP contribution in [0.5, 0.6) is 5.75 Å². The van der Waals surface area contributed by atoms with Crippen LogP contribution in [0.1, 0.15) is 31.4 Å². The molecule has 4 nitrogen and oxygen atoms in total. The minimum atomic E-state index is -4.58. The van der Waals surface area contributed by atoms with E-state index in [1.54, 1.807) is 29.5 Å². The highest BCUT2D eigenvalue weighted by Gasteiger charge is 2.42. The molecule has 0 amide bonds. The highest BCUT2D eigenvalue weighted by Crippen LogP contribution is 2.46. The van der Waals surface area contributed by atoms with Crippen LogP contribution < -0.4 is 0 Å². The smallest absolute Gasteiger partial charge is 0.418 e. The quantitative estimate of drug-likeness (QED) is 0.706. The van der Waals surface area contributed by atoms with Crippen molar-refractivity contribution in [3.8, 4) is 5.75 Å². The lowest BCUT2D eigenvalue weighted by Crippen LogP contribution is -2.41. The summed E-state index contributed by atoms with van der Waals surface area (Å²) in [5.74, 6) is -0.429. The van der Waals surface area contributed by atoms with Crippen molar-refractivity contribution in [2.45, 2.75) is 37.6 Å². The monoisotopic (exact) mass is 412 g/mol. The van der Waals surface area contributed by atoms with Gasteiger partial charge in [-0.3, -0.25) is 0 Å². The summed E-state index contributed by atoms with van der Waals surface area (Å²) >= 11 is 1.78. The fourth-order valence-corrected chi connectivity index (χ4v) is 3.37. The fourth-order valence-electron chi connectivity index (χ4n) is 2.82. The summed E-state index contributed by atoms with van der Waals surface area (Å²) in [6, 6.07) is 0.519. The molecule has 0 atom stereocenters. The Hall–Kier alpha value is -1.03. The number of rotatable bonds is 1. The Labute approximate surface area is 131 Å². The van der Waals surface area contributed by atoms with Crippen molar-refractivity contribution in [1.82, 2.24) is 9.55 Å². The second kappa shape index (κ2) is 4.48. The number of phenols is 1. The molecule has 0 saturated heterocycles. The van der Waals surface area contributed by atoms with Crippen LogP contribution in [0, 0.1) is 3.57 Å². The molecule has 21 heavy (non-hydrogen) atoms. The number of imidazole rings is 1. The number of hydrogen-bond donors (Lipinski definition) is 2. The number of aliphatic hydroxyl groups is 1. The van der Waals surface area contributed by atoms with Crippen LogP contribution in [0.15, 0.2) is 12.4 Å². The zero-order chi connectivity index (χ0) is 15.6. The zero-order valence-corrected chi connectivity index (χ0v) is 13.1. The third-order valence-corrected chi connectivity index (χ3v) is 4.88. The first kappa shape index (κ1) is 14.9. The minimum absolute atomic E-state index is 0.0369. The van der Waals surface area contributed by atoms with Gasteiger partial charge in [-0.05, 0) is 48.4 Å².